The Morgan fingerprint density at radius 1 is 1.15 bits per heavy atom. The fourth-order valence-corrected chi connectivity index (χ4v) is 2.74. The third kappa shape index (κ3) is 3.73. The minimum atomic E-state index is -3.99. The van der Waals surface area contributed by atoms with E-state index in [0.717, 1.165) is 6.07 Å². The van der Waals surface area contributed by atoms with E-state index < -0.39 is 21.7 Å². The average molecular weight is 323 g/mol. The topological polar surface area (TPSA) is 60.2 Å². The van der Waals surface area contributed by atoms with Gasteiger partial charge in [-0.2, -0.15) is 0 Å². The third-order valence-electron chi connectivity index (χ3n) is 2.74. The predicted octanol–water partition coefficient (Wildman–Crippen LogP) is -0.296. The molecule has 0 saturated heterocycles. The number of sulfonamides is 1. The first-order chi connectivity index (χ1) is 8.80. The number of hydrogen-bond acceptors (Lipinski definition) is 2. The van der Waals surface area contributed by atoms with Gasteiger partial charge in [0.2, 0.25) is 10.0 Å². The fraction of sp³-hybridized carbons (Fsp3) is 0.0769. The summed E-state index contributed by atoms with van der Waals surface area (Å²) >= 11 is 0. The van der Waals surface area contributed by atoms with Crippen LogP contribution in [0.4, 0.5) is 8.78 Å². The van der Waals surface area contributed by atoms with Crippen LogP contribution in [0.5, 0.6) is 0 Å². The Balaban J connectivity index is 0.00000200. The Morgan fingerprint density at radius 3 is 2.35 bits per heavy atom. The van der Waals surface area contributed by atoms with Crippen molar-refractivity contribution >= 4 is 10.0 Å². The van der Waals surface area contributed by atoms with Gasteiger partial charge in [-0.1, -0.05) is 12.1 Å². The van der Waals surface area contributed by atoms with Gasteiger partial charge >= 0.3 is 51.4 Å². The van der Waals surface area contributed by atoms with Crippen LogP contribution in [0.1, 0.15) is 6.99 Å². The van der Waals surface area contributed by atoms with E-state index in [4.69, 9.17) is 5.14 Å². The second-order valence-corrected chi connectivity index (χ2v) is 5.65. The standard InChI is InChI=1S/C13H11F2NO2S.K.H/c1-8-3-2-4-12(19(16,17)18)13(8)10-6-5-9(14)7-11(10)15;;/h2-7H,1H3,(H2,16,17,18);;/q;+1;-1. The number of primary sulfonamides is 1. The summed E-state index contributed by atoms with van der Waals surface area (Å²) in [4.78, 5) is -0.182. The molecule has 2 rings (SSSR count). The molecule has 3 nitrogen and oxygen atoms in total. The fourth-order valence-electron chi connectivity index (χ4n) is 1.92. The number of halogens is 2. The van der Waals surface area contributed by atoms with E-state index in [0.29, 0.717) is 11.6 Å². The first kappa shape index (κ1) is 17.9. The Labute approximate surface area is 160 Å². The maximum atomic E-state index is 13.8. The molecular weight excluding hydrogens is 311 g/mol. The number of hydrogen-bond donors (Lipinski definition) is 1. The summed E-state index contributed by atoms with van der Waals surface area (Å²) in [5, 5.41) is 5.12. The van der Waals surface area contributed by atoms with Crippen LogP contribution in [0.15, 0.2) is 41.3 Å². The Morgan fingerprint density at radius 2 is 1.80 bits per heavy atom. The van der Waals surface area contributed by atoms with E-state index in [9.17, 15) is 17.2 Å². The molecule has 0 aromatic heterocycles. The van der Waals surface area contributed by atoms with Crippen molar-refractivity contribution in [2.24, 2.45) is 5.14 Å². The van der Waals surface area contributed by atoms with E-state index in [2.05, 4.69) is 0 Å². The van der Waals surface area contributed by atoms with Gasteiger partial charge in [0.25, 0.3) is 0 Å². The smallest absolute Gasteiger partial charge is 1.00 e. The molecule has 0 amide bonds. The summed E-state index contributed by atoms with van der Waals surface area (Å²) in [5.74, 6) is -1.56. The molecule has 0 spiro atoms. The van der Waals surface area contributed by atoms with Crippen LogP contribution in [-0.2, 0) is 10.0 Å². The van der Waals surface area contributed by atoms with Crippen molar-refractivity contribution < 1.29 is 70.0 Å². The molecule has 0 aliphatic heterocycles. The molecule has 102 valence electrons. The van der Waals surface area contributed by atoms with Gasteiger partial charge < -0.3 is 1.43 Å². The van der Waals surface area contributed by atoms with Crippen molar-refractivity contribution in [2.45, 2.75) is 11.8 Å². The molecule has 20 heavy (non-hydrogen) atoms. The molecule has 0 unspecified atom stereocenters. The van der Waals surface area contributed by atoms with Crippen LogP contribution in [0.2, 0.25) is 0 Å². The summed E-state index contributed by atoms with van der Waals surface area (Å²) in [6.45, 7) is 1.63. The van der Waals surface area contributed by atoms with E-state index in [1.54, 1.807) is 13.0 Å². The minimum absolute atomic E-state index is 0. The molecule has 0 bridgehead atoms. The van der Waals surface area contributed by atoms with Crippen LogP contribution in [0.3, 0.4) is 0 Å². The quantitative estimate of drug-likeness (QED) is 0.772. The normalized spacial score (nSPS) is 11.0. The largest absolute Gasteiger partial charge is 1.00 e. The van der Waals surface area contributed by atoms with Gasteiger partial charge in [-0.05, 0) is 30.7 Å². The van der Waals surface area contributed by atoms with E-state index in [1.165, 1.54) is 18.2 Å². The van der Waals surface area contributed by atoms with Gasteiger partial charge in [0.15, 0.2) is 0 Å². The molecule has 0 fully saturated rings. The van der Waals surface area contributed by atoms with Crippen LogP contribution >= 0.6 is 0 Å². The number of rotatable bonds is 2. The number of aryl methyl sites for hydroxylation is 1. The second-order valence-electron chi connectivity index (χ2n) is 4.12. The molecule has 0 aliphatic carbocycles. The van der Waals surface area contributed by atoms with E-state index >= 15 is 0 Å². The minimum Gasteiger partial charge on any atom is -1.00 e. The van der Waals surface area contributed by atoms with Gasteiger partial charge in [0.05, 0.1) is 4.90 Å². The van der Waals surface area contributed by atoms with Crippen molar-refractivity contribution in [3.63, 3.8) is 0 Å². The van der Waals surface area contributed by atoms with Crippen molar-refractivity contribution in [3.8, 4) is 11.1 Å². The molecule has 2 aromatic rings. The Kier molecular flexibility index (Phi) is 6.03. The van der Waals surface area contributed by atoms with Crippen LogP contribution < -0.4 is 56.5 Å². The Bertz CT molecular complexity index is 754. The van der Waals surface area contributed by atoms with Crippen molar-refractivity contribution in [1.82, 2.24) is 0 Å². The zero-order valence-corrected chi connectivity index (χ0v) is 15.0. The van der Waals surface area contributed by atoms with Crippen molar-refractivity contribution in [3.05, 3.63) is 53.6 Å². The molecule has 7 heteroatoms. The van der Waals surface area contributed by atoms with Crippen LogP contribution in [-0.4, -0.2) is 8.42 Å². The monoisotopic (exact) mass is 323 g/mol. The van der Waals surface area contributed by atoms with Gasteiger partial charge in [-0.15, -0.1) is 0 Å². The molecular formula is C13H12F2KNO2S. The SMILES string of the molecule is Cc1cccc(S(N)(=O)=O)c1-c1ccc(F)cc1F.[H-].[K+]. The average Bonchev–Trinajstić information content (AvgIpc) is 2.28. The molecule has 0 radical (unpaired) electrons. The maximum absolute atomic E-state index is 13.8. The summed E-state index contributed by atoms with van der Waals surface area (Å²) < 4.78 is 49.8. The van der Waals surface area contributed by atoms with Crippen molar-refractivity contribution in [2.75, 3.05) is 0 Å². The van der Waals surface area contributed by atoms with Crippen molar-refractivity contribution in [1.29, 1.82) is 0 Å². The maximum Gasteiger partial charge on any atom is 1.00 e. The molecule has 2 aromatic carbocycles. The number of nitrogens with two attached hydrogens (primary N) is 1. The van der Waals surface area contributed by atoms with E-state index in [-0.39, 0.29) is 68.8 Å². The molecule has 2 N–H and O–H groups in total. The van der Waals surface area contributed by atoms with Gasteiger partial charge in [0, 0.05) is 17.2 Å². The third-order valence-corrected chi connectivity index (χ3v) is 3.69. The van der Waals surface area contributed by atoms with Crippen LogP contribution in [0.25, 0.3) is 11.1 Å². The van der Waals surface area contributed by atoms with Crippen LogP contribution in [0, 0.1) is 18.6 Å². The number of benzene rings is 2. The summed E-state index contributed by atoms with van der Waals surface area (Å²) in [6.07, 6.45) is 0. The summed E-state index contributed by atoms with van der Waals surface area (Å²) in [5.41, 5.74) is 0.697. The van der Waals surface area contributed by atoms with E-state index in [1.807, 2.05) is 0 Å². The first-order valence-corrected chi connectivity index (χ1v) is 6.93. The second kappa shape index (κ2) is 6.74. The summed E-state index contributed by atoms with van der Waals surface area (Å²) in [6, 6.07) is 7.40. The molecule has 0 heterocycles. The first-order valence-electron chi connectivity index (χ1n) is 5.38. The van der Waals surface area contributed by atoms with Gasteiger partial charge in [-0.25, -0.2) is 22.3 Å². The molecule has 0 aliphatic rings. The zero-order valence-electron chi connectivity index (χ0n) is 12.0. The van der Waals surface area contributed by atoms with Gasteiger partial charge in [-0.3, -0.25) is 0 Å². The zero-order chi connectivity index (χ0) is 14.2. The predicted molar refractivity (Wildman–Crippen MR) is 69.0 cm³/mol. The summed E-state index contributed by atoms with van der Waals surface area (Å²) in [7, 11) is -3.99. The Hall–Kier alpha value is -0.154. The molecule has 0 saturated carbocycles. The van der Waals surface area contributed by atoms with Gasteiger partial charge in [0.1, 0.15) is 11.6 Å². The molecule has 0 atom stereocenters.